The van der Waals surface area contributed by atoms with Gasteiger partial charge in [0.1, 0.15) is 0 Å². The molecule has 0 amide bonds. The number of rotatable bonds is 1. The molecular weight excluding hydrogens is 60.0 g/mol. The van der Waals surface area contributed by atoms with Crippen molar-refractivity contribution >= 4 is 0 Å². The van der Waals surface area contributed by atoms with Crippen molar-refractivity contribution in [1.29, 1.82) is 5.53 Å². The van der Waals surface area contributed by atoms with Crippen molar-refractivity contribution in [3.8, 4) is 0 Å². The van der Waals surface area contributed by atoms with Crippen LogP contribution in [0.4, 0.5) is 0 Å². The van der Waals surface area contributed by atoms with Gasteiger partial charge in [-0.15, -0.1) is 0 Å². The number of hydrogen-bond donors (Lipinski definition) is 2. The van der Waals surface area contributed by atoms with Crippen LogP contribution in [0.25, 0.3) is 0 Å². The highest BCUT2D eigenvalue weighted by Crippen LogP contribution is 1.51. The lowest BCUT2D eigenvalue weighted by Gasteiger charge is -1.63. The standard InChI is InChI=1S/H2N2O2/c1-2-4-3/h1,3H. The Morgan fingerprint density at radius 1 is 2.00 bits per heavy atom. The average molecular weight is 62.0 g/mol. The van der Waals surface area contributed by atoms with Gasteiger partial charge < -0.3 is 0 Å². The van der Waals surface area contributed by atoms with E-state index in [0.717, 1.165) is 0 Å². The molecule has 0 aromatic rings. The second-order valence-electron chi connectivity index (χ2n) is 0.173. The Morgan fingerprint density at radius 2 is 2.25 bits per heavy atom. The Morgan fingerprint density at radius 3 is 2.25 bits per heavy atom. The third-order valence-corrected chi connectivity index (χ3v) is 0.0408. The first-order valence-electron chi connectivity index (χ1n) is 0.589. The summed E-state index contributed by atoms with van der Waals surface area (Å²) in [7, 11) is 0. The van der Waals surface area contributed by atoms with Gasteiger partial charge in [-0.3, -0.25) is 0 Å². The van der Waals surface area contributed by atoms with E-state index in [9.17, 15) is 0 Å². The van der Waals surface area contributed by atoms with E-state index >= 15 is 0 Å². The summed E-state index contributed by atoms with van der Waals surface area (Å²) in [5.74, 6) is 0. The molecule has 0 heterocycles. The fourth-order valence-electron chi connectivity index (χ4n) is 0. The van der Waals surface area contributed by atoms with Gasteiger partial charge in [0.05, 0.1) is 5.28 Å². The minimum Gasteiger partial charge on any atom is -0.203 e. The maximum atomic E-state index is 7.02. The molecule has 0 aromatic heterocycles. The molecule has 0 spiro atoms. The third kappa shape index (κ3) is 1.36. The van der Waals surface area contributed by atoms with Gasteiger partial charge in [-0.2, -0.15) is 10.8 Å². The molecule has 0 aliphatic heterocycles. The van der Waals surface area contributed by atoms with Crippen LogP contribution in [0.2, 0.25) is 0 Å². The monoisotopic (exact) mass is 62.0 g/mol. The molecule has 0 aromatic carbocycles. The SMILES string of the molecule is N=NOO. The van der Waals surface area contributed by atoms with Crippen LogP contribution in [0.1, 0.15) is 0 Å². The van der Waals surface area contributed by atoms with Crippen molar-refractivity contribution in [3.63, 3.8) is 0 Å². The predicted octanol–water partition coefficient (Wildman–Crippen LogP) is 0.422. The highest BCUT2D eigenvalue weighted by atomic mass is 17.2. The second kappa shape index (κ2) is 2.36. The van der Waals surface area contributed by atoms with E-state index in [2.05, 4.69) is 4.99 Å². The van der Waals surface area contributed by atoms with Crippen LogP contribution in [0, 0.1) is 5.53 Å². The van der Waals surface area contributed by atoms with Crippen LogP contribution in [-0.2, 0) is 4.99 Å². The van der Waals surface area contributed by atoms with Crippen molar-refractivity contribution in [2.24, 2.45) is 5.28 Å². The normalized spacial score (nSPS) is 5.25. The molecule has 4 nitrogen and oxygen atoms in total. The molecule has 0 aliphatic rings. The number of hydrogen-bond acceptors (Lipinski definition) is 4. The van der Waals surface area contributed by atoms with E-state index in [0.29, 0.717) is 0 Å². The van der Waals surface area contributed by atoms with Crippen molar-refractivity contribution in [2.45, 2.75) is 0 Å². The highest BCUT2D eigenvalue weighted by Gasteiger charge is 1.40. The first kappa shape index (κ1) is 3.36. The van der Waals surface area contributed by atoms with E-state index in [4.69, 9.17) is 10.8 Å². The van der Waals surface area contributed by atoms with Gasteiger partial charge in [0.25, 0.3) is 0 Å². The van der Waals surface area contributed by atoms with Crippen LogP contribution in [0.15, 0.2) is 5.28 Å². The summed E-state index contributed by atoms with van der Waals surface area (Å²) >= 11 is 0. The van der Waals surface area contributed by atoms with E-state index in [1.165, 1.54) is 0 Å². The lowest BCUT2D eigenvalue weighted by atomic mass is 13.1. The molecule has 0 rings (SSSR count). The molecule has 0 aliphatic carbocycles. The fraction of sp³-hybridized carbons (Fsp3) is 0. The third-order valence-electron chi connectivity index (χ3n) is 0.0408. The summed E-state index contributed by atoms with van der Waals surface area (Å²) in [6, 6.07) is 0. The molecule has 4 heteroatoms. The molecule has 0 saturated carbocycles. The van der Waals surface area contributed by atoms with Gasteiger partial charge >= 0.3 is 0 Å². The first-order chi connectivity index (χ1) is 1.91. The fourth-order valence-corrected chi connectivity index (χ4v) is 0. The molecule has 0 fully saturated rings. The van der Waals surface area contributed by atoms with Crippen molar-refractivity contribution in [2.75, 3.05) is 0 Å². The maximum absolute atomic E-state index is 7.02. The van der Waals surface area contributed by atoms with Gasteiger partial charge in [0.15, 0.2) is 0 Å². The zero-order valence-electron chi connectivity index (χ0n) is 1.80. The van der Waals surface area contributed by atoms with Gasteiger partial charge in [0, 0.05) is 0 Å². The largest absolute Gasteiger partial charge is 0.203 e. The lowest BCUT2D eigenvalue weighted by molar-refractivity contribution is -0.254. The summed E-state index contributed by atoms with van der Waals surface area (Å²) in [6.07, 6.45) is 0. The van der Waals surface area contributed by atoms with E-state index in [1.807, 2.05) is 5.28 Å². The summed E-state index contributed by atoms with van der Waals surface area (Å²) < 4.78 is 0. The van der Waals surface area contributed by atoms with Crippen molar-refractivity contribution in [1.82, 2.24) is 0 Å². The smallest absolute Gasteiger partial charge is 0.0571 e. The van der Waals surface area contributed by atoms with Gasteiger partial charge in [-0.05, 0) is 0 Å². The molecule has 0 atom stereocenters. The molecule has 0 unspecified atom stereocenters. The second-order valence-corrected chi connectivity index (χ2v) is 0.173. The molecular formula is H2N2O2. The Hall–Kier alpha value is -0.640. The zero-order valence-corrected chi connectivity index (χ0v) is 1.80. The molecule has 0 bridgehead atoms. The Balaban J connectivity index is 2.30. The molecule has 0 saturated heterocycles. The summed E-state index contributed by atoms with van der Waals surface area (Å²) in [6.45, 7) is 0. The predicted molar refractivity (Wildman–Crippen MR) is 8.86 cm³/mol. The first-order valence-corrected chi connectivity index (χ1v) is 0.589. The minimum atomic E-state index is 2.04. The Kier molecular flexibility index (Phi) is 1.98. The number of nitrogens with one attached hydrogen (secondary N) is 1. The quantitative estimate of drug-likeness (QED) is 0.262. The van der Waals surface area contributed by atoms with Crippen molar-refractivity contribution in [3.05, 3.63) is 0 Å². The topological polar surface area (TPSA) is 65.7 Å². The minimum absolute atomic E-state index is 2.04. The Labute approximate surface area is 22.4 Å². The van der Waals surface area contributed by atoms with Crippen LogP contribution in [0.3, 0.4) is 0 Å². The van der Waals surface area contributed by atoms with Crippen molar-refractivity contribution < 1.29 is 10.2 Å². The van der Waals surface area contributed by atoms with E-state index in [1.54, 1.807) is 0 Å². The summed E-state index contributed by atoms with van der Waals surface area (Å²) in [5, 5.41) is 9.06. The van der Waals surface area contributed by atoms with E-state index in [-0.39, 0.29) is 0 Å². The molecule has 4 heavy (non-hydrogen) atoms. The van der Waals surface area contributed by atoms with Crippen LogP contribution < -0.4 is 0 Å². The summed E-state index contributed by atoms with van der Waals surface area (Å²) in [5.41, 5.74) is 5.60. The molecule has 24 valence electrons. The lowest BCUT2D eigenvalue weighted by Crippen LogP contribution is -1.55. The zero-order chi connectivity index (χ0) is 3.41. The Bertz CT molecular complexity index is 18.0. The van der Waals surface area contributed by atoms with E-state index < -0.39 is 0 Å². The maximum Gasteiger partial charge on any atom is 0.0571 e. The highest BCUT2D eigenvalue weighted by molar-refractivity contribution is 3.30. The van der Waals surface area contributed by atoms with Crippen LogP contribution in [-0.4, -0.2) is 5.26 Å². The van der Waals surface area contributed by atoms with Gasteiger partial charge in [-0.1, -0.05) is 0 Å². The van der Waals surface area contributed by atoms with Gasteiger partial charge in [-0.25, -0.2) is 4.99 Å². The average Bonchev–Trinajstić information content (AvgIpc) is 1.37. The number of nitrogens with zero attached hydrogens (tertiary/aromatic N) is 1. The van der Waals surface area contributed by atoms with Crippen LogP contribution >= 0.6 is 0 Å². The molecule has 0 radical (unpaired) electrons. The summed E-state index contributed by atoms with van der Waals surface area (Å²) in [4.78, 5) is 2.83. The van der Waals surface area contributed by atoms with Crippen LogP contribution in [0.5, 0.6) is 0 Å². The molecule has 2 N–H and O–H groups in total. The van der Waals surface area contributed by atoms with Gasteiger partial charge in [0.2, 0.25) is 0 Å².